The van der Waals surface area contributed by atoms with Crippen LogP contribution in [0.4, 0.5) is 10.2 Å². The number of nitrogens with zero attached hydrogens (tertiary/aromatic N) is 1. The second kappa shape index (κ2) is 7.72. The fraction of sp³-hybridized carbons (Fsp3) is 0.353. The smallest absolute Gasteiger partial charge is 0.252 e. The molecule has 1 aromatic carbocycles. The highest BCUT2D eigenvalue weighted by Crippen LogP contribution is 2.14. The molecule has 0 saturated heterocycles. The number of aromatic nitrogens is 1. The summed E-state index contributed by atoms with van der Waals surface area (Å²) in [7, 11) is 0. The second-order valence-corrected chi connectivity index (χ2v) is 5.66. The summed E-state index contributed by atoms with van der Waals surface area (Å²) in [5.74, 6) is -0.686. The van der Waals surface area contributed by atoms with Gasteiger partial charge in [0.2, 0.25) is 5.91 Å². The van der Waals surface area contributed by atoms with E-state index in [1.807, 2.05) is 13.8 Å². The van der Waals surface area contributed by atoms with Gasteiger partial charge in [0, 0.05) is 11.6 Å². The van der Waals surface area contributed by atoms with Crippen LogP contribution in [-0.2, 0) is 4.79 Å². The van der Waals surface area contributed by atoms with Crippen LogP contribution >= 0.6 is 0 Å². The van der Waals surface area contributed by atoms with Gasteiger partial charge in [-0.3, -0.25) is 9.59 Å². The van der Waals surface area contributed by atoms with Crippen molar-refractivity contribution in [1.82, 2.24) is 10.5 Å². The molecule has 7 heteroatoms. The Morgan fingerprint density at radius 1 is 1.33 bits per heavy atom. The maximum Gasteiger partial charge on any atom is 0.252 e. The lowest BCUT2D eigenvalue weighted by molar-refractivity contribution is -0.119. The third kappa shape index (κ3) is 4.41. The molecule has 2 amide bonds. The summed E-state index contributed by atoms with van der Waals surface area (Å²) in [6, 6.07) is 6.12. The van der Waals surface area contributed by atoms with E-state index in [-0.39, 0.29) is 17.3 Å². The van der Waals surface area contributed by atoms with E-state index in [1.165, 1.54) is 18.2 Å². The molecule has 0 aliphatic rings. The Labute approximate surface area is 139 Å². The molecular formula is C17H20FN3O3. The Kier molecular flexibility index (Phi) is 5.68. The van der Waals surface area contributed by atoms with E-state index in [9.17, 15) is 14.0 Å². The molecule has 0 bridgehead atoms. The van der Waals surface area contributed by atoms with Crippen molar-refractivity contribution in [2.24, 2.45) is 5.92 Å². The Hall–Kier alpha value is -2.70. The van der Waals surface area contributed by atoms with Gasteiger partial charge in [-0.15, -0.1) is 0 Å². The first kappa shape index (κ1) is 17.7. The van der Waals surface area contributed by atoms with Crippen LogP contribution in [0.1, 0.15) is 36.4 Å². The lowest BCUT2D eigenvalue weighted by atomic mass is 9.98. The molecule has 2 atom stereocenters. The minimum absolute atomic E-state index is 0.115. The first-order chi connectivity index (χ1) is 11.4. The van der Waals surface area contributed by atoms with Gasteiger partial charge in [0.05, 0.1) is 0 Å². The normalized spacial score (nSPS) is 13.2. The predicted molar refractivity (Wildman–Crippen MR) is 87.0 cm³/mol. The zero-order valence-corrected chi connectivity index (χ0v) is 13.8. The van der Waals surface area contributed by atoms with Gasteiger partial charge in [0.1, 0.15) is 17.6 Å². The van der Waals surface area contributed by atoms with Gasteiger partial charge in [-0.05, 0) is 31.0 Å². The first-order valence-electron chi connectivity index (χ1n) is 7.71. The number of carbonyl (C=O) groups excluding carboxylic acids is 2. The number of benzene rings is 1. The van der Waals surface area contributed by atoms with Crippen LogP contribution in [-0.4, -0.2) is 23.0 Å². The standard InChI is InChI=1S/C17H20FN3O3/c1-4-10(2)15(17(23)19-14-8-11(3)24-21-14)20-16(22)12-6-5-7-13(18)9-12/h5-10,15H,4H2,1-3H3,(H,20,22)(H,19,21,23)/t10?,15-/m0/s1. The molecular weight excluding hydrogens is 313 g/mol. The van der Waals surface area contributed by atoms with E-state index in [2.05, 4.69) is 15.8 Å². The fourth-order valence-electron chi connectivity index (χ4n) is 2.19. The average Bonchev–Trinajstić information content (AvgIpc) is 2.96. The summed E-state index contributed by atoms with van der Waals surface area (Å²) in [5, 5.41) is 8.98. The Morgan fingerprint density at radius 2 is 2.08 bits per heavy atom. The molecule has 24 heavy (non-hydrogen) atoms. The quantitative estimate of drug-likeness (QED) is 0.851. The van der Waals surface area contributed by atoms with Gasteiger partial charge in [-0.1, -0.05) is 31.5 Å². The Balaban J connectivity index is 2.12. The molecule has 6 nitrogen and oxygen atoms in total. The molecule has 0 radical (unpaired) electrons. The fourth-order valence-corrected chi connectivity index (χ4v) is 2.19. The summed E-state index contributed by atoms with van der Waals surface area (Å²) < 4.78 is 18.2. The first-order valence-corrected chi connectivity index (χ1v) is 7.71. The summed E-state index contributed by atoms with van der Waals surface area (Å²) in [6.07, 6.45) is 0.680. The average molecular weight is 333 g/mol. The van der Waals surface area contributed by atoms with Gasteiger partial charge in [-0.2, -0.15) is 0 Å². The second-order valence-electron chi connectivity index (χ2n) is 5.66. The van der Waals surface area contributed by atoms with Gasteiger partial charge in [-0.25, -0.2) is 4.39 Å². The van der Waals surface area contributed by atoms with E-state index in [0.29, 0.717) is 12.2 Å². The Morgan fingerprint density at radius 3 is 2.67 bits per heavy atom. The summed E-state index contributed by atoms with van der Waals surface area (Å²) in [5.41, 5.74) is 0.161. The molecule has 2 aromatic rings. The van der Waals surface area contributed by atoms with E-state index in [0.717, 1.165) is 6.07 Å². The predicted octanol–water partition coefficient (Wildman–Crippen LogP) is 2.91. The van der Waals surface area contributed by atoms with Crippen molar-refractivity contribution in [2.45, 2.75) is 33.2 Å². The van der Waals surface area contributed by atoms with Gasteiger partial charge in [0.15, 0.2) is 5.82 Å². The number of hydrogen-bond donors (Lipinski definition) is 2. The molecule has 0 spiro atoms. The van der Waals surface area contributed by atoms with Crippen LogP contribution in [0.3, 0.4) is 0 Å². The number of anilines is 1. The topological polar surface area (TPSA) is 84.2 Å². The largest absolute Gasteiger partial charge is 0.360 e. The van der Waals surface area contributed by atoms with Crippen LogP contribution in [0.2, 0.25) is 0 Å². The maximum atomic E-state index is 13.3. The molecule has 0 aliphatic heterocycles. The number of aryl methyl sites for hydroxylation is 1. The number of rotatable bonds is 6. The van der Waals surface area contributed by atoms with Crippen molar-refractivity contribution in [3.63, 3.8) is 0 Å². The molecule has 0 saturated carbocycles. The van der Waals surface area contributed by atoms with Crippen LogP contribution in [0.25, 0.3) is 0 Å². The molecule has 2 rings (SSSR count). The number of carbonyl (C=O) groups is 2. The minimum atomic E-state index is -0.775. The maximum absolute atomic E-state index is 13.3. The number of hydrogen-bond acceptors (Lipinski definition) is 4. The molecule has 1 heterocycles. The van der Waals surface area contributed by atoms with Crippen LogP contribution < -0.4 is 10.6 Å². The van der Waals surface area contributed by atoms with Crippen molar-refractivity contribution >= 4 is 17.6 Å². The van der Waals surface area contributed by atoms with Crippen LogP contribution in [0.5, 0.6) is 0 Å². The molecule has 1 aromatic heterocycles. The lowest BCUT2D eigenvalue weighted by Gasteiger charge is -2.23. The van der Waals surface area contributed by atoms with E-state index in [4.69, 9.17) is 4.52 Å². The highest BCUT2D eigenvalue weighted by Gasteiger charge is 2.27. The summed E-state index contributed by atoms with van der Waals surface area (Å²) in [4.78, 5) is 24.8. The van der Waals surface area contributed by atoms with Crippen molar-refractivity contribution in [3.05, 3.63) is 47.5 Å². The third-order valence-electron chi connectivity index (χ3n) is 3.75. The van der Waals surface area contributed by atoms with Gasteiger partial charge >= 0.3 is 0 Å². The molecule has 128 valence electrons. The van der Waals surface area contributed by atoms with E-state index < -0.39 is 23.7 Å². The van der Waals surface area contributed by atoms with Crippen molar-refractivity contribution in [2.75, 3.05) is 5.32 Å². The highest BCUT2D eigenvalue weighted by molar-refractivity contribution is 6.01. The summed E-state index contributed by atoms with van der Waals surface area (Å²) >= 11 is 0. The van der Waals surface area contributed by atoms with Crippen LogP contribution in [0.15, 0.2) is 34.9 Å². The number of nitrogens with one attached hydrogen (secondary N) is 2. The zero-order chi connectivity index (χ0) is 17.7. The molecule has 1 unspecified atom stereocenters. The van der Waals surface area contributed by atoms with Crippen molar-refractivity contribution in [1.29, 1.82) is 0 Å². The highest BCUT2D eigenvalue weighted by atomic mass is 19.1. The van der Waals surface area contributed by atoms with E-state index >= 15 is 0 Å². The summed E-state index contributed by atoms with van der Waals surface area (Å²) in [6.45, 7) is 5.48. The SMILES string of the molecule is CCC(C)[C@H](NC(=O)c1cccc(F)c1)C(=O)Nc1cc(C)on1. The van der Waals surface area contributed by atoms with Gasteiger partial charge < -0.3 is 15.2 Å². The zero-order valence-electron chi connectivity index (χ0n) is 13.8. The molecule has 2 N–H and O–H groups in total. The van der Waals surface area contributed by atoms with Gasteiger partial charge in [0.25, 0.3) is 5.91 Å². The molecule has 0 fully saturated rings. The molecule has 0 aliphatic carbocycles. The third-order valence-corrected chi connectivity index (χ3v) is 3.75. The monoisotopic (exact) mass is 333 g/mol. The Bertz CT molecular complexity index is 729. The lowest BCUT2D eigenvalue weighted by Crippen LogP contribution is -2.47. The number of halogens is 1. The van der Waals surface area contributed by atoms with Crippen LogP contribution in [0, 0.1) is 18.7 Å². The van der Waals surface area contributed by atoms with E-state index in [1.54, 1.807) is 13.0 Å². The number of amides is 2. The van der Waals surface area contributed by atoms with Crippen molar-refractivity contribution < 1.29 is 18.5 Å². The van der Waals surface area contributed by atoms with Crippen molar-refractivity contribution in [3.8, 4) is 0 Å². The minimum Gasteiger partial charge on any atom is -0.360 e.